The molecule has 0 spiro atoms. The molecule has 0 aromatic heterocycles. The quantitative estimate of drug-likeness (QED) is 0.922. The molecule has 2 aliphatic rings. The fraction of sp³-hybridized carbons (Fsp3) is 0.409. The minimum Gasteiger partial charge on any atom is -0.383 e. The molecule has 4 heteroatoms. The van der Waals surface area contributed by atoms with Crippen LogP contribution in [0.4, 0.5) is 5.69 Å². The summed E-state index contributed by atoms with van der Waals surface area (Å²) in [5.74, 6) is 0.00190. The topological polar surface area (TPSA) is 43.8 Å². The number of aliphatic hydroxyl groups is 1. The van der Waals surface area contributed by atoms with E-state index in [1.807, 2.05) is 42.5 Å². The molecule has 2 aliphatic heterocycles. The lowest BCUT2D eigenvalue weighted by atomic mass is 9.93. The standard InChI is InChI=1S/C22H26N2O2/c25-21(18-9-11-20(12-10-18)23-14-5-2-6-15-23)24-16-13-22(26,17-24)19-7-3-1-4-8-19/h1,3-4,7-12,26H,2,5-6,13-17H2. The van der Waals surface area contributed by atoms with Gasteiger partial charge in [-0.3, -0.25) is 4.79 Å². The smallest absolute Gasteiger partial charge is 0.253 e. The van der Waals surface area contributed by atoms with Gasteiger partial charge in [0.05, 0.1) is 6.54 Å². The number of piperidine rings is 1. The number of β-amino-alcohol motifs (C(OH)–C–C–N with tert-alkyl or cyclic N) is 1. The zero-order valence-electron chi connectivity index (χ0n) is 15.1. The molecule has 0 bridgehead atoms. The molecular formula is C22H26N2O2. The van der Waals surface area contributed by atoms with Crippen LogP contribution >= 0.6 is 0 Å². The minimum atomic E-state index is -0.940. The average Bonchev–Trinajstić information content (AvgIpc) is 3.12. The Morgan fingerprint density at radius 1 is 0.885 bits per heavy atom. The van der Waals surface area contributed by atoms with E-state index < -0.39 is 5.60 Å². The maximum absolute atomic E-state index is 12.9. The van der Waals surface area contributed by atoms with E-state index in [2.05, 4.69) is 17.0 Å². The lowest BCUT2D eigenvalue weighted by Gasteiger charge is -2.29. The number of likely N-dealkylation sites (tertiary alicyclic amines) is 1. The van der Waals surface area contributed by atoms with E-state index in [0.717, 1.165) is 18.7 Å². The Morgan fingerprint density at radius 3 is 2.27 bits per heavy atom. The van der Waals surface area contributed by atoms with Gasteiger partial charge in [0.2, 0.25) is 0 Å². The summed E-state index contributed by atoms with van der Waals surface area (Å²) in [6.45, 7) is 3.13. The number of carbonyl (C=O) groups is 1. The predicted molar refractivity (Wildman–Crippen MR) is 103 cm³/mol. The molecule has 4 rings (SSSR count). The molecule has 26 heavy (non-hydrogen) atoms. The molecule has 4 nitrogen and oxygen atoms in total. The Bertz CT molecular complexity index is 753. The van der Waals surface area contributed by atoms with Gasteiger partial charge < -0.3 is 14.9 Å². The Kier molecular flexibility index (Phi) is 4.68. The third-order valence-electron chi connectivity index (χ3n) is 5.68. The van der Waals surface area contributed by atoms with Crippen LogP contribution in [0.1, 0.15) is 41.6 Å². The molecule has 2 heterocycles. The fourth-order valence-electron chi connectivity index (χ4n) is 4.10. The van der Waals surface area contributed by atoms with E-state index in [-0.39, 0.29) is 5.91 Å². The number of hydrogen-bond donors (Lipinski definition) is 1. The van der Waals surface area contributed by atoms with Crippen LogP contribution in [-0.4, -0.2) is 42.1 Å². The Hall–Kier alpha value is -2.33. The Balaban J connectivity index is 1.45. The van der Waals surface area contributed by atoms with Crippen molar-refractivity contribution in [3.63, 3.8) is 0 Å². The van der Waals surface area contributed by atoms with Crippen LogP contribution in [0.2, 0.25) is 0 Å². The third-order valence-corrected chi connectivity index (χ3v) is 5.68. The Labute approximate surface area is 155 Å². The average molecular weight is 350 g/mol. The number of carbonyl (C=O) groups excluding carboxylic acids is 1. The normalized spacial score (nSPS) is 23.3. The number of nitrogens with zero attached hydrogens (tertiary/aromatic N) is 2. The molecule has 2 fully saturated rings. The molecule has 1 unspecified atom stereocenters. The highest BCUT2D eigenvalue weighted by atomic mass is 16.3. The summed E-state index contributed by atoms with van der Waals surface area (Å²) < 4.78 is 0. The highest BCUT2D eigenvalue weighted by Crippen LogP contribution is 2.32. The van der Waals surface area contributed by atoms with Gasteiger partial charge in [0.15, 0.2) is 0 Å². The molecule has 1 atom stereocenters. The highest BCUT2D eigenvalue weighted by Gasteiger charge is 2.39. The first-order valence-electron chi connectivity index (χ1n) is 9.58. The summed E-state index contributed by atoms with van der Waals surface area (Å²) in [4.78, 5) is 17.0. The number of amides is 1. The van der Waals surface area contributed by atoms with Gasteiger partial charge in [-0.15, -0.1) is 0 Å². The SMILES string of the molecule is O=C(c1ccc(N2CCCCC2)cc1)N1CCC(O)(c2ccccc2)C1. The van der Waals surface area contributed by atoms with Crippen molar-refractivity contribution in [2.24, 2.45) is 0 Å². The monoisotopic (exact) mass is 350 g/mol. The second kappa shape index (κ2) is 7.12. The molecule has 0 saturated carbocycles. The largest absolute Gasteiger partial charge is 0.383 e. The molecule has 136 valence electrons. The van der Waals surface area contributed by atoms with Crippen LogP contribution in [0, 0.1) is 0 Å². The number of rotatable bonds is 3. The van der Waals surface area contributed by atoms with Crippen molar-refractivity contribution in [3.8, 4) is 0 Å². The van der Waals surface area contributed by atoms with E-state index in [0.29, 0.717) is 25.1 Å². The van der Waals surface area contributed by atoms with E-state index in [4.69, 9.17) is 0 Å². The summed E-state index contributed by atoms with van der Waals surface area (Å²) in [6.07, 6.45) is 4.38. The van der Waals surface area contributed by atoms with Crippen LogP contribution < -0.4 is 4.90 Å². The van der Waals surface area contributed by atoms with Crippen LogP contribution in [0.25, 0.3) is 0 Å². The van der Waals surface area contributed by atoms with Gasteiger partial charge in [0.1, 0.15) is 5.60 Å². The van der Waals surface area contributed by atoms with Crippen molar-refractivity contribution in [2.45, 2.75) is 31.3 Å². The summed E-state index contributed by atoms with van der Waals surface area (Å²) >= 11 is 0. The molecule has 0 aliphatic carbocycles. The van der Waals surface area contributed by atoms with Gasteiger partial charge in [-0.25, -0.2) is 0 Å². The fourth-order valence-corrected chi connectivity index (χ4v) is 4.10. The lowest BCUT2D eigenvalue weighted by Crippen LogP contribution is -2.34. The van der Waals surface area contributed by atoms with Gasteiger partial charge in [-0.1, -0.05) is 30.3 Å². The van der Waals surface area contributed by atoms with E-state index in [1.165, 1.54) is 24.9 Å². The van der Waals surface area contributed by atoms with Crippen LogP contribution in [-0.2, 0) is 5.60 Å². The molecule has 2 saturated heterocycles. The van der Waals surface area contributed by atoms with Crippen LogP contribution in [0.5, 0.6) is 0 Å². The van der Waals surface area contributed by atoms with E-state index >= 15 is 0 Å². The molecule has 0 radical (unpaired) electrons. The first kappa shape index (κ1) is 17.1. The molecule has 1 amide bonds. The van der Waals surface area contributed by atoms with Gasteiger partial charge in [-0.05, 0) is 55.5 Å². The molecule has 2 aromatic rings. The zero-order chi connectivity index (χ0) is 18.0. The van der Waals surface area contributed by atoms with Crippen LogP contribution in [0.15, 0.2) is 54.6 Å². The zero-order valence-corrected chi connectivity index (χ0v) is 15.1. The summed E-state index contributed by atoms with van der Waals surface area (Å²) in [7, 11) is 0. The summed E-state index contributed by atoms with van der Waals surface area (Å²) in [5, 5.41) is 10.9. The lowest BCUT2D eigenvalue weighted by molar-refractivity contribution is 0.0417. The van der Waals surface area contributed by atoms with Crippen molar-refractivity contribution >= 4 is 11.6 Å². The van der Waals surface area contributed by atoms with Gasteiger partial charge in [0, 0.05) is 30.9 Å². The van der Waals surface area contributed by atoms with Crippen molar-refractivity contribution in [1.29, 1.82) is 0 Å². The third kappa shape index (κ3) is 3.34. The maximum Gasteiger partial charge on any atom is 0.253 e. The number of anilines is 1. The van der Waals surface area contributed by atoms with Gasteiger partial charge in [-0.2, -0.15) is 0 Å². The molecule has 2 aromatic carbocycles. The first-order valence-corrected chi connectivity index (χ1v) is 9.58. The summed E-state index contributed by atoms with van der Waals surface area (Å²) in [5.41, 5.74) is 1.84. The number of benzene rings is 2. The van der Waals surface area contributed by atoms with Crippen molar-refractivity contribution < 1.29 is 9.90 Å². The van der Waals surface area contributed by atoms with Crippen molar-refractivity contribution in [2.75, 3.05) is 31.1 Å². The highest BCUT2D eigenvalue weighted by molar-refractivity contribution is 5.94. The second-order valence-electron chi connectivity index (χ2n) is 7.47. The Morgan fingerprint density at radius 2 is 1.58 bits per heavy atom. The van der Waals surface area contributed by atoms with Gasteiger partial charge >= 0.3 is 0 Å². The first-order chi connectivity index (χ1) is 12.7. The van der Waals surface area contributed by atoms with Crippen molar-refractivity contribution in [3.05, 3.63) is 65.7 Å². The van der Waals surface area contributed by atoms with E-state index in [1.54, 1.807) is 4.90 Å². The van der Waals surface area contributed by atoms with Crippen LogP contribution in [0.3, 0.4) is 0 Å². The predicted octanol–water partition coefficient (Wildman–Crippen LogP) is 3.41. The minimum absolute atomic E-state index is 0.00190. The summed E-state index contributed by atoms with van der Waals surface area (Å²) in [6, 6.07) is 17.6. The maximum atomic E-state index is 12.9. The van der Waals surface area contributed by atoms with Crippen molar-refractivity contribution in [1.82, 2.24) is 4.90 Å². The molecule has 1 N–H and O–H groups in total. The van der Waals surface area contributed by atoms with E-state index in [9.17, 15) is 9.90 Å². The molecular weight excluding hydrogens is 324 g/mol. The number of hydrogen-bond acceptors (Lipinski definition) is 3. The van der Waals surface area contributed by atoms with Gasteiger partial charge in [0.25, 0.3) is 5.91 Å². The second-order valence-corrected chi connectivity index (χ2v) is 7.47.